The van der Waals surface area contributed by atoms with Gasteiger partial charge in [-0.25, -0.2) is 0 Å². The number of ether oxygens (including phenoxy) is 1. The highest BCUT2D eigenvalue weighted by Gasteiger charge is 2.24. The van der Waals surface area contributed by atoms with E-state index in [0.29, 0.717) is 19.3 Å². The van der Waals surface area contributed by atoms with Gasteiger partial charge in [0.25, 0.3) is 0 Å². The topological polar surface area (TPSA) is 95.9 Å². The quantitative estimate of drug-likeness (QED) is 0.0322. The average Bonchev–Trinajstić information content (AvgIpc) is 3.25. The molecule has 0 heterocycles. The average molecular weight is 858 g/mol. The molecule has 6 heteroatoms. The van der Waals surface area contributed by atoms with Crippen LogP contribution in [0.4, 0.5) is 0 Å². The van der Waals surface area contributed by atoms with E-state index >= 15 is 0 Å². The van der Waals surface area contributed by atoms with Crippen molar-refractivity contribution >= 4 is 11.9 Å². The third-order valence-corrected chi connectivity index (χ3v) is 12.2. The fourth-order valence-electron chi connectivity index (χ4n) is 8.11. The lowest BCUT2D eigenvalue weighted by molar-refractivity contribution is -0.151. The van der Waals surface area contributed by atoms with Gasteiger partial charge < -0.3 is 20.3 Å². The molecule has 0 aromatic heterocycles. The minimum atomic E-state index is -0.790. The van der Waals surface area contributed by atoms with Crippen LogP contribution in [-0.2, 0) is 14.3 Å². The molecule has 0 radical (unpaired) electrons. The van der Waals surface area contributed by atoms with Gasteiger partial charge in [0, 0.05) is 6.42 Å². The number of carbonyl (C=O) groups is 2. The molecule has 61 heavy (non-hydrogen) atoms. The van der Waals surface area contributed by atoms with Gasteiger partial charge in [0.2, 0.25) is 5.91 Å². The standard InChI is InChI=1S/C55H103NO5/c1-4-7-10-13-16-19-21-23-25-27-29-31-33-35-38-41-44-47-53(58)52(50-57)56-54(59)49-51(46-43-40-37-18-15-12-9-6-3)61-55(60)48-45-42-39-36-34-32-30-28-26-24-22-20-17-14-11-8-5-2/h12,15,17,20,24,26,51-53,57-58H,4-11,13-14,16,18-19,21-23,25,27-50H2,1-3H3,(H,56,59)/b15-12-,20-17-,26-24-. The molecule has 0 saturated heterocycles. The maximum atomic E-state index is 13.2. The molecule has 6 nitrogen and oxygen atoms in total. The lowest BCUT2D eigenvalue weighted by Crippen LogP contribution is -2.46. The number of rotatable bonds is 48. The number of hydrogen-bond donors (Lipinski definition) is 3. The van der Waals surface area contributed by atoms with Gasteiger partial charge in [0.15, 0.2) is 0 Å². The smallest absolute Gasteiger partial charge is 0.306 e. The van der Waals surface area contributed by atoms with E-state index < -0.39 is 18.2 Å². The third-order valence-electron chi connectivity index (χ3n) is 12.2. The Labute approximate surface area is 379 Å². The van der Waals surface area contributed by atoms with Crippen molar-refractivity contribution in [3.8, 4) is 0 Å². The molecule has 3 unspecified atom stereocenters. The molecule has 0 aromatic rings. The van der Waals surface area contributed by atoms with Gasteiger partial charge in [0.05, 0.1) is 25.2 Å². The van der Waals surface area contributed by atoms with Crippen LogP contribution in [0.25, 0.3) is 0 Å². The van der Waals surface area contributed by atoms with Crippen LogP contribution in [0.5, 0.6) is 0 Å². The summed E-state index contributed by atoms with van der Waals surface area (Å²) >= 11 is 0. The van der Waals surface area contributed by atoms with Crippen molar-refractivity contribution in [2.75, 3.05) is 6.61 Å². The highest BCUT2D eigenvalue weighted by molar-refractivity contribution is 5.77. The van der Waals surface area contributed by atoms with Crippen molar-refractivity contribution in [2.24, 2.45) is 0 Å². The predicted molar refractivity (Wildman–Crippen MR) is 264 cm³/mol. The molecule has 0 aliphatic rings. The van der Waals surface area contributed by atoms with Crippen LogP contribution in [0.15, 0.2) is 36.5 Å². The summed E-state index contributed by atoms with van der Waals surface area (Å²) in [5, 5.41) is 23.8. The van der Waals surface area contributed by atoms with Crippen LogP contribution in [0.3, 0.4) is 0 Å². The van der Waals surface area contributed by atoms with Gasteiger partial charge in [-0.15, -0.1) is 0 Å². The van der Waals surface area contributed by atoms with Gasteiger partial charge in [-0.1, -0.05) is 224 Å². The second-order valence-corrected chi connectivity index (χ2v) is 18.3. The van der Waals surface area contributed by atoms with Crippen LogP contribution in [0, 0.1) is 0 Å². The maximum Gasteiger partial charge on any atom is 0.306 e. The minimum absolute atomic E-state index is 0.0649. The summed E-state index contributed by atoms with van der Waals surface area (Å²) in [6.45, 7) is 6.40. The number of hydrogen-bond acceptors (Lipinski definition) is 5. The zero-order chi connectivity index (χ0) is 44.5. The molecule has 0 aliphatic heterocycles. The van der Waals surface area contributed by atoms with Crippen molar-refractivity contribution in [3.63, 3.8) is 0 Å². The number of carbonyl (C=O) groups excluding carboxylic acids is 2. The minimum Gasteiger partial charge on any atom is -0.462 e. The van der Waals surface area contributed by atoms with Crippen molar-refractivity contribution in [1.29, 1.82) is 0 Å². The Morgan fingerprint density at radius 3 is 1.38 bits per heavy atom. The second-order valence-electron chi connectivity index (χ2n) is 18.3. The summed E-state index contributed by atoms with van der Waals surface area (Å²) in [4.78, 5) is 26.1. The Hall–Kier alpha value is -1.92. The molecule has 0 aliphatic carbocycles. The fourth-order valence-corrected chi connectivity index (χ4v) is 8.11. The first kappa shape index (κ1) is 59.1. The molecule has 0 spiro atoms. The van der Waals surface area contributed by atoms with Gasteiger partial charge in [-0.05, 0) is 77.0 Å². The van der Waals surface area contributed by atoms with E-state index in [4.69, 9.17) is 4.74 Å². The Morgan fingerprint density at radius 1 is 0.475 bits per heavy atom. The number of allylic oxidation sites excluding steroid dienone is 6. The van der Waals surface area contributed by atoms with E-state index in [9.17, 15) is 19.8 Å². The van der Waals surface area contributed by atoms with Crippen LogP contribution in [0.2, 0.25) is 0 Å². The molecule has 1 amide bonds. The van der Waals surface area contributed by atoms with E-state index in [-0.39, 0.29) is 24.9 Å². The number of aliphatic hydroxyl groups excluding tert-OH is 2. The van der Waals surface area contributed by atoms with Gasteiger partial charge >= 0.3 is 5.97 Å². The van der Waals surface area contributed by atoms with Gasteiger partial charge in [-0.2, -0.15) is 0 Å². The van der Waals surface area contributed by atoms with Crippen molar-refractivity contribution < 1.29 is 24.5 Å². The highest BCUT2D eigenvalue weighted by atomic mass is 16.5. The number of amides is 1. The molecular formula is C55H103NO5. The largest absolute Gasteiger partial charge is 0.462 e. The van der Waals surface area contributed by atoms with E-state index in [2.05, 4.69) is 62.5 Å². The molecule has 0 bridgehead atoms. The van der Waals surface area contributed by atoms with E-state index in [1.165, 1.54) is 148 Å². The Kier molecular flexibility index (Phi) is 47.6. The van der Waals surface area contributed by atoms with Crippen molar-refractivity contribution in [2.45, 2.75) is 296 Å². The maximum absolute atomic E-state index is 13.2. The molecule has 0 saturated carbocycles. The van der Waals surface area contributed by atoms with Crippen molar-refractivity contribution in [3.05, 3.63) is 36.5 Å². The molecular weight excluding hydrogens is 755 g/mol. The first-order valence-electron chi connectivity index (χ1n) is 26.7. The monoisotopic (exact) mass is 858 g/mol. The highest BCUT2D eigenvalue weighted by Crippen LogP contribution is 2.18. The van der Waals surface area contributed by atoms with Crippen LogP contribution < -0.4 is 5.32 Å². The van der Waals surface area contributed by atoms with Crippen molar-refractivity contribution in [1.82, 2.24) is 5.32 Å². The Balaban J connectivity index is 4.37. The van der Waals surface area contributed by atoms with Crippen LogP contribution in [-0.4, -0.2) is 46.9 Å². The summed E-state index contributed by atoms with van der Waals surface area (Å²) in [7, 11) is 0. The fraction of sp³-hybridized carbons (Fsp3) is 0.855. The normalized spacial score (nSPS) is 13.5. The molecule has 3 atom stereocenters. The Morgan fingerprint density at radius 2 is 0.869 bits per heavy atom. The molecule has 358 valence electrons. The summed E-state index contributed by atoms with van der Waals surface area (Å²) in [5.41, 5.74) is 0. The number of unbranched alkanes of at least 4 members (excludes halogenated alkanes) is 30. The summed E-state index contributed by atoms with van der Waals surface area (Å²) in [6, 6.07) is -0.705. The van der Waals surface area contributed by atoms with E-state index in [1.54, 1.807) is 0 Å². The molecule has 0 aromatic carbocycles. The van der Waals surface area contributed by atoms with Gasteiger partial charge in [0.1, 0.15) is 6.10 Å². The lowest BCUT2D eigenvalue weighted by atomic mass is 10.0. The first-order chi connectivity index (χ1) is 30.0. The van der Waals surface area contributed by atoms with Crippen LogP contribution >= 0.6 is 0 Å². The first-order valence-corrected chi connectivity index (χ1v) is 26.7. The SMILES string of the molecule is CCC/C=C\CCCCCC(CC(=O)NC(CO)C(O)CCCCCCCCCCCCCCCCCCC)OC(=O)CCCCCCCCC/C=C\C/C=C\CCCCC. The predicted octanol–water partition coefficient (Wildman–Crippen LogP) is 16.1. The summed E-state index contributed by atoms with van der Waals surface area (Å²) in [6.07, 6.45) is 57.9. The lowest BCUT2D eigenvalue weighted by Gasteiger charge is -2.24. The molecule has 3 N–H and O–H groups in total. The van der Waals surface area contributed by atoms with E-state index in [1.807, 2.05) is 0 Å². The van der Waals surface area contributed by atoms with Gasteiger partial charge in [-0.3, -0.25) is 9.59 Å². The number of nitrogens with one attached hydrogen (secondary N) is 1. The zero-order valence-corrected chi connectivity index (χ0v) is 40.8. The Bertz CT molecular complexity index is 1010. The second kappa shape index (κ2) is 49.1. The van der Waals surface area contributed by atoms with E-state index in [0.717, 1.165) is 83.5 Å². The van der Waals surface area contributed by atoms with Crippen LogP contribution in [0.1, 0.15) is 278 Å². The number of aliphatic hydroxyl groups is 2. The zero-order valence-electron chi connectivity index (χ0n) is 40.8. The summed E-state index contributed by atoms with van der Waals surface area (Å²) < 4.78 is 5.90. The number of esters is 1. The third kappa shape index (κ3) is 44.5. The molecule has 0 fully saturated rings. The molecule has 0 rings (SSSR count). The summed E-state index contributed by atoms with van der Waals surface area (Å²) in [5.74, 6) is -0.494.